The molecule has 1 rings (SSSR count). The largest absolute Gasteiger partial charge is 0.468 e. The third-order valence-electron chi connectivity index (χ3n) is 1.56. The Kier molecular flexibility index (Phi) is 5.68. The third-order valence-corrected chi connectivity index (χ3v) is 2.03. The number of nitrogens with two attached hydrogens (primary N) is 1. The van der Waals surface area contributed by atoms with Crippen molar-refractivity contribution >= 4 is 34.3 Å². The van der Waals surface area contributed by atoms with Gasteiger partial charge in [-0.2, -0.15) is 0 Å². The molecule has 0 saturated carbocycles. The first-order valence-electron chi connectivity index (χ1n) is 3.60. The van der Waals surface area contributed by atoms with Gasteiger partial charge >= 0.3 is 5.97 Å². The highest BCUT2D eigenvalue weighted by molar-refractivity contribution is 9.10. The predicted molar refractivity (Wildman–Crippen MR) is 58.1 cm³/mol. The summed E-state index contributed by atoms with van der Waals surface area (Å²) in [6, 6.07) is 2.68. The predicted octanol–water partition coefficient (Wildman–Crippen LogP) is 1.44. The topological polar surface area (TPSA) is 65.2 Å². The lowest BCUT2D eigenvalue weighted by molar-refractivity contribution is -0.142. The van der Waals surface area contributed by atoms with Crippen molar-refractivity contribution in [2.45, 2.75) is 6.04 Å². The lowest BCUT2D eigenvalue weighted by atomic mass is 10.1. The molecule has 0 aromatic carbocycles. The van der Waals surface area contributed by atoms with E-state index in [4.69, 9.17) is 5.73 Å². The molecule has 0 unspecified atom stereocenters. The molecular weight excluding hydrogens is 271 g/mol. The SMILES string of the molecule is COC(=O)[C@@H](N)c1ccc(Br)nc1.Cl. The molecular formula is C8H10BrClN2O2. The number of nitrogens with zero attached hydrogens (tertiary/aromatic N) is 1. The Bertz CT molecular complexity index is 305. The maximum Gasteiger partial charge on any atom is 0.327 e. The minimum atomic E-state index is -0.759. The molecule has 0 aliphatic carbocycles. The molecule has 0 saturated heterocycles. The van der Waals surface area contributed by atoms with E-state index in [1.54, 1.807) is 12.1 Å². The first kappa shape index (κ1) is 13.4. The minimum Gasteiger partial charge on any atom is -0.468 e. The number of hydrogen-bond donors (Lipinski definition) is 1. The fourth-order valence-corrected chi connectivity index (χ4v) is 1.07. The number of carbonyl (C=O) groups excluding carboxylic acids is 1. The number of rotatable bonds is 2. The average Bonchev–Trinajstić information content (AvgIpc) is 2.17. The summed E-state index contributed by atoms with van der Waals surface area (Å²) in [5.41, 5.74) is 6.20. The zero-order chi connectivity index (χ0) is 9.84. The molecule has 14 heavy (non-hydrogen) atoms. The van der Waals surface area contributed by atoms with Crippen LogP contribution in [0.25, 0.3) is 0 Å². The maximum absolute atomic E-state index is 11.0. The fraction of sp³-hybridized carbons (Fsp3) is 0.250. The lowest BCUT2D eigenvalue weighted by Crippen LogP contribution is -2.22. The Morgan fingerprint density at radius 3 is 2.71 bits per heavy atom. The van der Waals surface area contributed by atoms with Crippen LogP contribution in [-0.4, -0.2) is 18.1 Å². The molecule has 2 N–H and O–H groups in total. The second-order valence-corrected chi connectivity index (χ2v) is 3.23. The van der Waals surface area contributed by atoms with E-state index in [-0.39, 0.29) is 12.4 Å². The number of esters is 1. The zero-order valence-electron chi connectivity index (χ0n) is 7.44. The summed E-state index contributed by atoms with van der Waals surface area (Å²) < 4.78 is 5.20. The summed E-state index contributed by atoms with van der Waals surface area (Å²) in [6.07, 6.45) is 1.53. The molecule has 0 bridgehead atoms. The summed E-state index contributed by atoms with van der Waals surface area (Å²) in [6.45, 7) is 0. The van der Waals surface area contributed by atoms with Crippen LogP contribution >= 0.6 is 28.3 Å². The van der Waals surface area contributed by atoms with Crippen LogP contribution in [0.2, 0.25) is 0 Å². The van der Waals surface area contributed by atoms with Gasteiger partial charge in [0.15, 0.2) is 0 Å². The van der Waals surface area contributed by atoms with Crippen LogP contribution in [0.5, 0.6) is 0 Å². The van der Waals surface area contributed by atoms with E-state index in [0.29, 0.717) is 10.2 Å². The molecule has 0 radical (unpaired) electrons. The summed E-state index contributed by atoms with van der Waals surface area (Å²) in [5, 5.41) is 0. The van der Waals surface area contributed by atoms with E-state index in [9.17, 15) is 4.79 Å². The number of aromatic nitrogens is 1. The van der Waals surface area contributed by atoms with Gasteiger partial charge < -0.3 is 10.5 Å². The number of hydrogen-bond acceptors (Lipinski definition) is 4. The Balaban J connectivity index is 0.00000169. The van der Waals surface area contributed by atoms with Gasteiger partial charge in [-0.05, 0) is 27.6 Å². The molecule has 0 fully saturated rings. The molecule has 0 amide bonds. The monoisotopic (exact) mass is 280 g/mol. The molecule has 4 nitrogen and oxygen atoms in total. The van der Waals surface area contributed by atoms with Crippen LogP contribution < -0.4 is 5.73 Å². The van der Waals surface area contributed by atoms with Gasteiger partial charge in [-0.3, -0.25) is 4.79 Å². The van der Waals surface area contributed by atoms with E-state index >= 15 is 0 Å². The molecule has 6 heteroatoms. The fourth-order valence-electron chi connectivity index (χ4n) is 0.834. The number of carbonyl (C=O) groups is 1. The van der Waals surface area contributed by atoms with Gasteiger partial charge in [0.1, 0.15) is 10.6 Å². The van der Waals surface area contributed by atoms with Crippen LogP contribution in [0.15, 0.2) is 22.9 Å². The highest BCUT2D eigenvalue weighted by Gasteiger charge is 2.15. The van der Waals surface area contributed by atoms with Crippen molar-refractivity contribution in [3.8, 4) is 0 Å². The van der Waals surface area contributed by atoms with E-state index in [2.05, 4.69) is 25.7 Å². The number of pyridine rings is 1. The number of halogens is 2. The summed E-state index contributed by atoms with van der Waals surface area (Å²) in [5.74, 6) is -0.468. The van der Waals surface area contributed by atoms with Gasteiger partial charge in [0.2, 0.25) is 0 Å². The summed E-state index contributed by atoms with van der Waals surface area (Å²) in [7, 11) is 1.30. The van der Waals surface area contributed by atoms with E-state index in [0.717, 1.165) is 0 Å². The van der Waals surface area contributed by atoms with Crippen LogP contribution in [0.3, 0.4) is 0 Å². The Morgan fingerprint density at radius 1 is 1.64 bits per heavy atom. The zero-order valence-corrected chi connectivity index (χ0v) is 9.84. The molecule has 0 spiro atoms. The highest BCUT2D eigenvalue weighted by Crippen LogP contribution is 2.13. The Morgan fingerprint density at radius 2 is 2.29 bits per heavy atom. The quantitative estimate of drug-likeness (QED) is 0.658. The van der Waals surface area contributed by atoms with Gasteiger partial charge in [0, 0.05) is 6.20 Å². The normalized spacial score (nSPS) is 11.4. The van der Waals surface area contributed by atoms with Crippen molar-refractivity contribution in [3.63, 3.8) is 0 Å². The molecule has 1 aromatic heterocycles. The van der Waals surface area contributed by atoms with E-state index < -0.39 is 12.0 Å². The van der Waals surface area contributed by atoms with Gasteiger partial charge in [-0.25, -0.2) is 4.98 Å². The second-order valence-electron chi connectivity index (χ2n) is 2.42. The van der Waals surface area contributed by atoms with Gasteiger partial charge in [0.05, 0.1) is 7.11 Å². The van der Waals surface area contributed by atoms with Crippen LogP contribution in [0.1, 0.15) is 11.6 Å². The summed E-state index contributed by atoms with van der Waals surface area (Å²) >= 11 is 3.18. The van der Waals surface area contributed by atoms with Gasteiger partial charge in [0.25, 0.3) is 0 Å². The van der Waals surface area contributed by atoms with Crippen molar-refractivity contribution in [3.05, 3.63) is 28.5 Å². The van der Waals surface area contributed by atoms with Crippen molar-refractivity contribution in [2.75, 3.05) is 7.11 Å². The van der Waals surface area contributed by atoms with Gasteiger partial charge in [-0.1, -0.05) is 6.07 Å². The first-order valence-corrected chi connectivity index (χ1v) is 4.39. The Labute approximate surface area is 96.4 Å². The van der Waals surface area contributed by atoms with Crippen LogP contribution in [-0.2, 0) is 9.53 Å². The molecule has 1 heterocycles. The molecule has 1 atom stereocenters. The van der Waals surface area contributed by atoms with Crippen molar-refractivity contribution in [2.24, 2.45) is 5.73 Å². The van der Waals surface area contributed by atoms with Crippen LogP contribution in [0, 0.1) is 0 Å². The lowest BCUT2D eigenvalue weighted by Gasteiger charge is -2.08. The number of methoxy groups -OCH3 is 1. The molecule has 0 aliphatic rings. The summed E-state index contributed by atoms with van der Waals surface area (Å²) in [4.78, 5) is 15.0. The molecule has 0 aliphatic heterocycles. The second kappa shape index (κ2) is 5.95. The van der Waals surface area contributed by atoms with E-state index in [1.165, 1.54) is 13.3 Å². The first-order chi connectivity index (χ1) is 6.15. The molecule has 78 valence electrons. The standard InChI is InChI=1S/C8H9BrN2O2.ClH/c1-13-8(12)7(10)5-2-3-6(9)11-4-5;/h2-4,7H,10H2,1H3;1H/t7-;/m0./s1. The van der Waals surface area contributed by atoms with Crippen LogP contribution in [0.4, 0.5) is 0 Å². The maximum atomic E-state index is 11.0. The third kappa shape index (κ3) is 3.25. The minimum absolute atomic E-state index is 0. The van der Waals surface area contributed by atoms with E-state index in [1.807, 2.05) is 0 Å². The van der Waals surface area contributed by atoms with Crippen molar-refractivity contribution in [1.29, 1.82) is 0 Å². The highest BCUT2D eigenvalue weighted by atomic mass is 79.9. The molecule has 1 aromatic rings. The Hall–Kier alpha value is -0.650. The van der Waals surface area contributed by atoms with Crippen molar-refractivity contribution < 1.29 is 9.53 Å². The average molecular weight is 282 g/mol. The smallest absolute Gasteiger partial charge is 0.327 e. The number of ether oxygens (including phenoxy) is 1. The van der Waals surface area contributed by atoms with Crippen molar-refractivity contribution in [1.82, 2.24) is 4.98 Å². The van der Waals surface area contributed by atoms with Gasteiger partial charge in [-0.15, -0.1) is 12.4 Å².